The molecule has 2 aliphatic rings. The van der Waals surface area contributed by atoms with E-state index >= 15 is 0 Å². The van der Waals surface area contributed by atoms with Crippen LogP contribution in [-0.4, -0.2) is 47.3 Å². The Morgan fingerprint density at radius 2 is 2.20 bits per heavy atom. The minimum atomic E-state index is -0.620. The summed E-state index contributed by atoms with van der Waals surface area (Å²) in [5, 5.41) is 10.8. The van der Waals surface area contributed by atoms with Gasteiger partial charge in [-0.3, -0.25) is 4.79 Å². The molecule has 0 unspecified atom stereocenters. The normalized spacial score (nSPS) is 29.9. The van der Waals surface area contributed by atoms with Gasteiger partial charge in [0, 0.05) is 19.7 Å². The number of rotatable bonds is 1. The number of amides is 1. The summed E-state index contributed by atoms with van der Waals surface area (Å²) in [7, 11) is 0. The Labute approximate surface area is 123 Å². The predicted octanol–water partition coefficient (Wildman–Crippen LogP) is 2.10. The molecule has 0 aliphatic carbocycles. The number of benzene rings is 1. The van der Waals surface area contributed by atoms with Gasteiger partial charge in [-0.2, -0.15) is 0 Å². The highest BCUT2D eigenvalue weighted by molar-refractivity contribution is 6.33. The molecule has 2 heterocycles. The van der Waals surface area contributed by atoms with Gasteiger partial charge in [-0.05, 0) is 31.4 Å². The first-order chi connectivity index (χ1) is 9.62. The highest BCUT2D eigenvalue weighted by atomic mass is 35.5. The number of β-amino-alcohol motifs (C(OH)–C–C–N with tert-alkyl or cyclic N) is 1. The van der Waals surface area contributed by atoms with Crippen molar-refractivity contribution in [2.24, 2.45) is 0 Å². The summed E-state index contributed by atoms with van der Waals surface area (Å²) in [6, 6.07) is 7.01. The molecular weight excluding hydrogens is 278 g/mol. The lowest BCUT2D eigenvalue weighted by molar-refractivity contribution is -0.122. The number of piperidine rings is 1. The number of ether oxygens (including phenoxy) is 1. The number of nitrogens with zero attached hydrogens (tertiary/aromatic N) is 1. The highest BCUT2D eigenvalue weighted by Crippen LogP contribution is 2.36. The highest BCUT2D eigenvalue weighted by Gasteiger charge is 2.46. The van der Waals surface area contributed by atoms with E-state index in [1.807, 2.05) is 0 Å². The van der Waals surface area contributed by atoms with Crippen LogP contribution in [0.15, 0.2) is 24.3 Å². The minimum Gasteiger partial charge on any atom is -0.388 e. The predicted molar refractivity (Wildman–Crippen MR) is 75.9 cm³/mol. The van der Waals surface area contributed by atoms with Crippen LogP contribution in [0, 0.1) is 0 Å². The van der Waals surface area contributed by atoms with Crippen molar-refractivity contribution in [3.8, 4) is 0 Å². The second kappa shape index (κ2) is 5.35. The lowest BCUT2D eigenvalue weighted by Crippen LogP contribution is -2.56. The molecule has 1 amide bonds. The van der Waals surface area contributed by atoms with Crippen molar-refractivity contribution < 1.29 is 14.6 Å². The van der Waals surface area contributed by atoms with Gasteiger partial charge in [0.15, 0.2) is 0 Å². The van der Waals surface area contributed by atoms with Gasteiger partial charge in [0.1, 0.15) is 6.10 Å². The molecule has 0 saturated carbocycles. The van der Waals surface area contributed by atoms with Crippen molar-refractivity contribution in [3.05, 3.63) is 34.9 Å². The first-order valence-electron chi connectivity index (χ1n) is 6.98. The van der Waals surface area contributed by atoms with Crippen LogP contribution in [0.3, 0.4) is 0 Å². The van der Waals surface area contributed by atoms with E-state index in [1.54, 1.807) is 29.2 Å². The summed E-state index contributed by atoms with van der Waals surface area (Å²) in [6.07, 6.45) is 1.92. The average Bonchev–Trinajstić information content (AvgIpc) is 2.92. The first-order valence-corrected chi connectivity index (χ1v) is 7.36. The first kappa shape index (κ1) is 13.9. The molecule has 2 aliphatic heterocycles. The average molecular weight is 296 g/mol. The molecular formula is C15H18ClNO3. The molecule has 1 aromatic carbocycles. The second-order valence-corrected chi connectivity index (χ2v) is 5.92. The maximum Gasteiger partial charge on any atom is 0.255 e. The zero-order valence-electron chi connectivity index (χ0n) is 11.2. The van der Waals surface area contributed by atoms with Crippen LogP contribution in [-0.2, 0) is 4.74 Å². The lowest BCUT2D eigenvalue weighted by Gasteiger charge is -2.42. The molecule has 3 rings (SSSR count). The largest absolute Gasteiger partial charge is 0.388 e. The summed E-state index contributed by atoms with van der Waals surface area (Å²) < 4.78 is 5.74. The van der Waals surface area contributed by atoms with Gasteiger partial charge >= 0.3 is 0 Å². The van der Waals surface area contributed by atoms with Crippen LogP contribution in [0.25, 0.3) is 0 Å². The number of carbonyl (C=O) groups excluding carboxylic acids is 1. The number of halogens is 1. The molecule has 0 aromatic heterocycles. The van der Waals surface area contributed by atoms with Gasteiger partial charge in [-0.1, -0.05) is 23.7 Å². The fourth-order valence-electron chi connectivity index (χ4n) is 3.13. The van der Waals surface area contributed by atoms with Crippen LogP contribution in [0.1, 0.15) is 29.6 Å². The Morgan fingerprint density at radius 1 is 1.40 bits per heavy atom. The molecule has 2 fully saturated rings. The van der Waals surface area contributed by atoms with Crippen LogP contribution in [0.4, 0.5) is 0 Å². The van der Waals surface area contributed by atoms with Gasteiger partial charge < -0.3 is 14.7 Å². The van der Waals surface area contributed by atoms with Crippen molar-refractivity contribution in [1.82, 2.24) is 4.90 Å². The summed E-state index contributed by atoms with van der Waals surface area (Å²) in [5.41, 5.74) is 0.0572. The fourth-order valence-corrected chi connectivity index (χ4v) is 3.34. The molecule has 1 N–H and O–H groups in total. The fraction of sp³-hybridized carbons (Fsp3) is 0.533. The van der Waals surface area contributed by atoms with Gasteiger partial charge in [-0.25, -0.2) is 0 Å². The monoisotopic (exact) mass is 295 g/mol. The quantitative estimate of drug-likeness (QED) is 0.863. The third-order valence-electron chi connectivity index (χ3n) is 4.33. The van der Waals surface area contributed by atoms with Gasteiger partial charge in [0.2, 0.25) is 0 Å². The van der Waals surface area contributed by atoms with E-state index in [4.69, 9.17) is 16.3 Å². The van der Waals surface area contributed by atoms with Crippen molar-refractivity contribution in [3.63, 3.8) is 0 Å². The Bertz CT molecular complexity index is 514. The van der Waals surface area contributed by atoms with E-state index in [0.717, 1.165) is 12.8 Å². The Kier molecular flexibility index (Phi) is 3.71. The summed E-state index contributed by atoms with van der Waals surface area (Å²) in [5.74, 6) is -0.123. The number of likely N-dealkylation sites (tertiary alicyclic amines) is 1. The third-order valence-corrected chi connectivity index (χ3v) is 4.66. The molecule has 0 radical (unpaired) electrons. The van der Waals surface area contributed by atoms with E-state index < -0.39 is 11.7 Å². The van der Waals surface area contributed by atoms with E-state index in [9.17, 15) is 9.90 Å². The molecule has 0 bridgehead atoms. The number of carbonyl (C=O) groups is 1. The van der Waals surface area contributed by atoms with Crippen molar-refractivity contribution in [2.75, 3.05) is 19.7 Å². The molecule has 1 spiro atoms. The van der Waals surface area contributed by atoms with Crippen LogP contribution < -0.4 is 0 Å². The number of hydrogen-bond donors (Lipinski definition) is 1. The van der Waals surface area contributed by atoms with Gasteiger partial charge in [0.25, 0.3) is 5.91 Å². The minimum absolute atomic E-state index is 0.123. The van der Waals surface area contributed by atoms with E-state index in [-0.39, 0.29) is 5.91 Å². The van der Waals surface area contributed by atoms with Crippen LogP contribution in [0.2, 0.25) is 5.02 Å². The van der Waals surface area contributed by atoms with Crippen molar-refractivity contribution in [2.45, 2.75) is 31.0 Å². The number of hydrogen-bond acceptors (Lipinski definition) is 3. The number of aliphatic hydroxyl groups is 1. The molecule has 1 aromatic rings. The molecule has 2 atom stereocenters. The molecule has 108 valence electrons. The van der Waals surface area contributed by atoms with E-state index in [0.29, 0.717) is 36.7 Å². The lowest BCUT2D eigenvalue weighted by atomic mass is 9.86. The van der Waals surface area contributed by atoms with Crippen LogP contribution in [0.5, 0.6) is 0 Å². The third kappa shape index (κ3) is 2.32. The maximum atomic E-state index is 12.5. The standard InChI is InChI=1S/C15H18ClNO3/c16-12-5-2-1-4-11(12)14(19)17-8-7-15(13(18)10-17)6-3-9-20-15/h1-2,4-5,13,18H,3,6-10H2/t13-,15-/m0/s1. The molecule has 5 heteroatoms. The molecule has 2 saturated heterocycles. The smallest absolute Gasteiger partial charge is 0.255 e. The van der Waals surface area contributed by atoms with Gasteiger partial charge in [-0.15, -0.1) is 0 Å². The SMILES string of the molecule is O=C(c1ccccc1Cl)N1CC[C@@]2(CCCO2)[C@@H](O)C1. The summed E-state index contributed by atoms with van der Waals surface area (Å²) in [4.78, 5) is 14.1. The zero-order chi connectivity index (χ0) is 14.2. The maximum absolute atomic E-state index is 12.5. The summed E-state index contributed by atoms with van der Waals surface area (Å²) in [6.45, 7) is 1.61. The zero-order valence-corrected chi connectivity index (χ0v) is 12.0. The van der Waals surface area contributed by atoms with E-state index in [2.05, 4.69) is 0 Å². The number of aliphatic hydroxyl groups excluding tert-OH is 1. The molecule has 4 nitrogen and oxygen atoms in total. The molecule has 20 heavy (non-hydrogen) atoms. The van der Waals surface area contributed by atoms with Gasteiger partial charge in [0.05, 0.1) is 16.2 Å². The Balaban J connectivity index is 1.74. The second-order valence-electron chi connectivity index (χ2n) is 5.51. The van der Waals surface area contributed by atoms with E-state index in [1.165, 1.54) is 0 Å². The van der Waals surface area contributed by atoms with Crippen LogP contribution >= 0.6 is 11.6 Å². The Hall–Kier alpha value is -1.10. The summed E-state index contributed by atoms with van der Waals surface area (Å²) >= 11 is 6.06. The van der Waals surface area contributed by atoms with Crippen molar-refractivity contribution in [1.29, 1.82) is 0 Å². The van der Waals surface area contributed by atoms with Crippen molar-refractivity contribution >= 4 is 17.5 Å². The topological polar surface area (TPSA) is 49.8 Å². The Morgan fingerprint density at radius 3 is 2.85 bits per heavy atom.